The summed E-state index contributed by atoms with van der Waals surface area (Å²) in [6.45, 7) is 2.31. The average Bonchev–Trinajstić information content (AvgIpc) is 2.64. The number of rotatable bonds is 4. The number of pyridine rings is 1. The second-order valence-corrected chi connectivity index (χ2v) is 6.41. The molecule has 1 amide bonds. The molecule has 6 nitrogen and oxygen atoms in total. The van der Waals surface area contributed by atoms with Crippen LogP contribution in [-0.4, -0.2) is 65.1 Å². The Bertz CT molecular complexity index is 732. The molecule has 1 fully saturated rings. The van der Waals surface area contributed by atoms with Crippen LogP contribution in [0.15, 0.2) is 42.6 Å². The smallest absolute Gasteiger partial charge is 0.253 e. The van der Waals surface area contributed by atoms with Gasteiger partial charge in [-0.05, 0) is 43.3 Å². The lowest BCUT2D eigenvalue weighted by Gasteiger charge is -2.39. The fourth-order valence-corrected chi connectivity index (χ4v) is 3.23. The number of aliphatic hydroxyl groups excluding tert-OH is 1. The Morgan fingerprint density at radius 3 is 2.72 bits per heavy atom. The van der Waals surface area contributed by atoms with Crippen molar-refractivity contribution in [3.8, 4) is 11.1 Å². The Morgan fingerprint density at radius 1 is 1.28 bits per heavy atom. The topological polar surface area (TPSA) is 82.7 Å². The van der Waals surface area contributed by atoms with Gasteiger partial charge in [-0.3, -0.25) is 9.69 Å². The minimum atomic E-state index is 0.0294. The number of likely N-dealkylation sites (N-methyl/N-ethyl adjacent to an activating group) is 1. The van der Waals surface area contributed by atoms with Gasteiger partial charge in [0.15, 0.2) is 0 Å². The number of nitrogens with zero attached hydrogens (tertiary/aromatic N) is 3. The number of aromatic nitrogens is 1. The van der Waals surface area contributed by atoms with Crippen molar-refractivity contribution in [3.05, 3.63) is 48.2 Å². The number of hydrogen-bond donors (Lipinski definition) is 2. The maximum Gasteiger partial charge on any atom is 0.253 e. The maximum atomic E-state index is 12.8. The normalized spacial score (nSPS) is 18.3. The Kier molecular flexibility index (Phi) is 5.31. The maximum absolute atomic E-state index is 12.8. The lowest BCUT2D eigenvalue weighted by Crippen LogP contribution is -2.53. The van der Waals surface area contributed by atoms with Crippen molar-refractivity contribution in [3.63, 3.8) is 0 Å². The van der Waals surface area contributed by atoms with E-state index in [1.54, 1.807) is 6.20 Å². The van der Waals surface area contributed by atoms with Crippen LogP contribution in [-0.2, 0) is 0 Å². The number of anilines is 1. The second kappa shape index (κ2) is 7.63. The van der Waals surface area contributed by atoms with Gasteiger partial charge >= 0.3 is 0 Å². The number of amides is 1. The number of benzene rings is 1. The molecule has 0 unspecified atom stereocenters. The molecule has 1 aliphatic rings. The first-order valence-corrected chi connectivity index (χ1v) is 8.51. The number of piperazine rings is 1. The molecule has 1 aliphatic heterocycles. The predicted molar refractivity (Wildman–Crippen MR) is 98.1 cm³/mol. The number of aliphatic hydroxyl groups is 1. The molecule has 1 aromatic heterocycles. The van der Waals surface area contributed by atoms with Crippen molar-refractivity contribution in [2.75, 3.05) is 39.0 Å². The van der Waals surface area contributed by atoms with Gasteiger partial charge in [-0.2, -0.15) is 0 Å². The molecule has 3 rings (SSSR count). The van der Waals surface area contributed by atoms with Crippen LogP contribution in [0.5, 0.6) is 0 Å². The molecule has 25 heavy (non-hydrogen) atoms. The van der Waals surface area contributed by atoms with Crippen LogP contribution in [0, 0.1) is 0 Å². The summed E-state index contributed by atoms with van der Waals surface area (Å²) in [7, 11) is 2.04. The molecule has 3 N–H and O–H groups in total. The predicted octanol–water partition coefficient (Wildman–Crippen LogP) is 1.47. The molecule has 0 radical (unpaired) electrons. The number of carbonyl (C=O) groups excluding carboxylic acids is 1. The quantitative estimate of drug-likeness (QED) is 0.881. The summed E-state index contributed by atoms with van der Waals surface area (Å²) in [4.78, 5) is 20.9. The van der Waals surface area contributed by atoms with Gasteiger partial charge < -0.3 is 15.7 Å². The van der Waals surface area contributed by atoms with Crippen LogP contribution in [0.1, 0.15) is 16.8 Å². The van der Waals surface area contributed by atoms with Gasteiger partial charge in [0.1, 0.15) is 5.82 Å². The van der Waals surface area contributed by atoms with E-state index in [9.17, 15) is 9.90 Å². The molecule has 2 heterocycles. The Morgan fingerprint density at radius 2 is 2.04 bits per heavy atom. The van der Waals surface area contributed by atoms with E-state index in [1.807, 2.05) is 48.3 Å². The minimum Gasteiger partial charge on any atom is -0.396 e. The van der Waals surface area contributed by atoms with Crippen LogP contribution in [0.3, 0.4) is 0 Å². The molecular formula is C19H24N4O2. The molecule has 2 aromatic rings. The summed E-state index contributed by atoms with van der Waals surface area (Å²) in [6, 6.07) is 11.4. The Balaban J connectivity index is 1.74. The summed E-state index contributed by atoms with van der Waals surface area (Å²) in [5.41, 5.74) is 8.39. The molecule has 0 spiro atoms. The van der Waals surface area contributed by atoms with Crippen LogP contribution in [0.4, 0.5) is 5.82 Å². The first-order valence-electron chi connectivity index (χ1n) is 8.51. The van der Waals surface area contributed by atoms with Crippen molar-refractivity contribution in [1.82, 2.24) is 14.8 Å². The van der Waals surface area contributed by atoms with Crippen LogP contribution in [0.25, 0.3) is 11.1 Å². The monoisotopic (exact) mass is 340 g/mol. The summed E-state index contributed by atoms with van der Waals surface area (Å²) < 4.78 is 0. The summed E-state index contributed by atoms with van der Waals surface area (Å²) in [5.74, 6) is 0.509. The average molecular weight is 340 g/mol. The molecular weight excluding hydrogens is 316 g/mol. The zero-order chi connectivity index (χ0) is 17.8. The summed E-state index contributed by atoms with van der Waals surface area (Å²) >= 11 is 0. The van der Waals surface area contributed by atoms with Crippen molar-refractivity contribution in [2.24, 2.45) is 0 Å². The van der Waals surface area contributed by atoms with E-state index in [0.717, 1.165) is 17.7 Å². The van der Waals surface area contributed by atoms with Crippen molar-refractivity contribution in [1.29, 1.82) is 0 Å². The lowest BCUT2D eigenvalue weighted by atomic mass is 10.0. The second-order valence-electron chi connectivity index (χ2n) is 6.41. The molecule has 1 aromatic carbocycles. The molecule has 0 bridgehead atoms. The minimum absolute atomic E-state index is 0.0294. The van der Waals surface area contributed by atoms with Gasteiger partial charge in [0, 0.05) is 49.6 Å². The molecule has 132 valence electrons. The van der Waals surface area contributed by atoms with Gasteiger partial charge in [-0.1, -0.05) is 12.1 Å². The van der Waals surface area contributed by atoms with E-state index in [-0.39, 0.29) is 18.6 Å². The highest BCUT2D eigenvalue weighted by Gasteiger charge is 2.27. The van der Waals surface area contributed by atoms with E-state index in [4.69, 9.17) is 5.73 Å². The van der Waals surface area contributed by atoms with Crippen molar-refractivity contribution in [2.45, 2.75) is 12.5 Å². The first-order chi connectivity index (χ1) is 12.1. The van der Waals surface area contributed by atoms with E-state index in [0.29, 0.717) is 30.9 Å². The summed E-state index contributed by atoms with van der Waals surface area (Å²) in [6.07, 6.45) is 2.34. The summed E-state index contributed by atoms with van der Waals surface area (Å²) in [5, 5.41) is 9.19. The molecule has 0 saturated carbocycles. The van der Waals surface area contributed by atoms with E-state index >= 15 is 0 Å². The lowest BCUT2D eigenvalue weighted by molar-refractivity contribution is 0.0500. The largest absolute Gasteiger partial charge is 0.396 e. The molecule has 0 aliphatic carbocycles. The molecule has 6 heteroatoms. The van der Waals surface area contributed by atoms with Gasteiger partial charge in [0.05, 0.1) is 0 Å². The zero-order valence-electron chi connectivity index (χ0n) is 14.4. The number of nitrogens with two attached hydrogens (primary N) is 1. The van der Waals surface area contributed by atoms with Gasteiger partial charge in [-0.25, -0.2) is 4.98 Å². The SMILES string of the molecule is CN1CCN(C(=O)c2ccc(-c3cccnc3N)cc2)C[C@@H]1CCO. The zero-order valence-corrected chi connectivity index (χ0v) is 14.4. The highest BCUT2D eigenvalue weighted by atomic mass is 16.3. The van der Waals surface area contributed by atoms with Crippen molar-refractivity contribution >= 4 is 11.7 Å². The fraction of sp³-hybridized carbons (Fsp3) is 0.368. The molecule has 1 saturated heterocycles. The highest BCUT2D eigenvalue weighted by Crippen LogP contribution is 2.24. The van der Waals surface area contributed by atoms with E-state index in [1.165, 1.54) is 0 Å². The Labute approximate surface area is 147 Å². The highest BCUT2D eigenvalue weighted by molar-refractivity contribution is 5.95. The van der Waals surface area contributed by atoms with Gasteiger partial charge in [-0.15, -0.1) is 0 Å². The van der Waals surface area contributed by atoms with Crippen LogP contribution in [0.2, 0.25) is 0 Å². The van der Waals surface area contributed by atoms with Gasteiger partial charge in [0.25, 0.3) is 5.91 Å². The standard InChI is InChI=1S/C19H24N4O2/c1-22-10-11-23(13-16(22)8-12-24)19(25)15-6-4-14(5-7-15)17-3-2-9-21-18(17)20/h2-7,9,16,24H,8,10-13H2,1H3,(H2,20,21)/t16-/m0/s1. The first kappa shape index (κ1) is 17.4. The molecule has 1 atom stereocenters. The van der Waals surface area contributed by atoms with Crippen molar-refractivity contribution < 1.29 is 9.90 Å². The van der Waals surface area contributed by atoms with Gasteiger partial charge in [0.2, 0.25) is 0 Å². The third-order valence-electron chi connectivity index (χ3n) is 4.81. The number of nitrogen functional groups attached to an aromatic ring is 1. The van der Waals surface area contributed by atoms with Crippen LogP contribution >= 0.6 is 0 Å². The third kappa shape index (κ3) is 3.81. The number of hydrogen-bond acceptors (Lipinski definition) is 5. The third-order valence-corrected chi connectivity index (χ3v) is 4.81. The Hall–Kier alpha value is -2.44. The van der Waals surface area contributed by atoms with Crippen LogP contribution < -0.4 is 5.73 Å². The van der Waals surface area contributed by atoms with E-state index in [2.05, 4.69) is 9.88 Å². The number of carbonyl (C=O) groups is 1. The fourth-order valence-electron chi connectivity index (χ4n) is 3.23. The van der Waals surface area contributed by atoms with E-state index < -0.39 is 0 Å².